The number of halogens is 1. The molecule has 2 aliphatic rings. The number of nitrogens with one attached hydrogen (secondary N) is 1. The molecule has 2 heterocycles. The van der Waals surface area contributed by atoms with Crippen molar-refractivity contribution < 1.29 is 23.5 Å². The van der Waals surface area contributed by atoms with E-state index >= 15 is 0 Å². The van der Waals surface area contributed by atoms with E-state index in [1.165, 1.54) is 13.2 Å². The topological polar surface area (TPSA) is 104 Å². The lowest BCUT2D eigenvalue weighted by molar-refractivity contribution is -0.121. The first-order valence-electron chi connectivity index (χ1n) is 7.85. The molecule has 1 aromatic heterocycles. The van der Waals surface area contributed by atoms with E-state index in [0.29, 0.717) is 22.4 Å². The molecule has 0 spiro atoms. The van der Waals surface area contributed by atoms with Gasteiger partial charge in [0.1, 0.15) is 24.3 Å². The molecule has 1 aromatic carbocycles. The molecular weight excluding hydrogens is 329 g/mol. The predicted octanol–water partition coefficient (Wildman–Crippen LogP) is 0.804. The lowest BCUT2D eigenvalue weighted by atomic mass is 10.1. The minimum Gasteiger partial charge on any atom is -0.496 e. The van der Waals surface area contributed by atoms with E-state index < -0.39 is 18.0 Å². The van der Waals surface area contributed by atoms with Crippen molar-refractivity contribution in [3.63, 3.8) is 0 Å². The van der Waals surface area contributed by atoms with Crippen molar-refractivity contribution in [3.8, 4) is 11.5 Å². The van der Waals surface area contributed by atoms with Gasteiger partial charge in [0.25, 0.3) is 5.91 Å². The second-order valence-electron chi connectivity index (χ2n) is 6.22. The Morgan fingerprint density at radius 2 is 2.20 bits per heavy atom. The summed E-state index contributed by atoms with van der Waals surface area (Å²) in [5.74, 6) is -0.878. The molecule has 2 fully saturated rings. The van der Waals surface area contributed by atoms with Crippen LogP contribution in [0.25, 0.3) is 10.9 Å². The van der Waals surface area contributed by atoms with Crippen LogP contribution in [0.15, 0.2) is 24.4 Å². The number of ether oxygens (including phenoxy) is 2. The molecule has 0 radical (unpaired) electrons. The van der Waals surface area contributed by atoms with Crippen LogP contribution in [0.4, 0.5) is 4.39 Å². The third kappa shape index (κ3) is 2.45. The van der Waals surface area contributed by atoms with Gasteiger partial charge in [-0.3, -0.25) is 14.6 Å². The molecule has 1 aliphatic carbocycles. The van der Waals surface area contributed by atoms with E-state index in [0.717, 1.165) is 0 Å². The standard InChI is InChI=1S/C17H16FN3O4/c1-24-12-5-7-9(4-8(12)16(19)22)20-3-2-11(7)25-6-10-13-14(15(13)18)17(23)21-10/h2-5,10,13-15H,6H2,1H3,(H2,19,22)(H,21,23)/t10-,13-,14?,15?/m1/s1. The minimum atomic E-state index is -1.07. The van der Waals surface area contributed by atoms with E-state index in [-0.39, 0.29) is 30.0 Å². The number of methoxy groups -OCH3 is 1. The molecule has 130 valence electrons. The van der Waals surface area contributed by atoms with Crippen LogP contribution < -0.4 is 20.5 Å². The minimum absolute atomic E-state index is 0.159. The molecule has 2 unspecified atom stereocenters. The van der Waals surface area contributed by atoms with Crippen LogP contribution in [0.1, 0.15) is 10.4 Å². The highest BCUT2D eigenvalue weighted by Gasteiger charge is 2.64. The number of hydrogen-bond acceptors (Lipinski definition) is 5. The maximum absolute atomic E-state index is 13.5. The average molecular weight is 345 g/mol. The van der Waals surface area contributed by atoms with Crippen molar-refractivity contribution in [1.29, 1.82) is 0 Å². The van der Waals surface area contributed by atoms with E-state index in [4.69, 9.17) is 15.2 Å². The molecule has 2 aromatic rings. The largest absolute Gasteiger partial charge is 0.496 e. The van der Waals surface area contributed by atoms with Gasteiger partial charge in [0, 0.05) is 17.5 Å². The molecule has 8 heteroatoms. The molecule has 4 atom stereocenters. The second kappa shape index (κ2) is 5.58. The number of hydrogen-bond donors (Lipinski definition) is 2. The highest BCUT2D eigenvalue weighted by molar-refractivity contribution is 6.01. The van der Waals surface area contributed by atoms with E-state index in [2.05, 4.69) is 10.3 Å². The van der Waals surface area contributed by atoms with Crippen LogP contribution in [-0.4, -0.2) is 42.7 Å². The predicted molar refractivity (Wildman–Crippen MR) is 86.1 cm³/mol. The number of alkyl halides is 1. The number of pyridine rings is 1. The lowest BCUT2D eigenvalue weighted by Gasteiger charge is -2.16. The Labute approximate surface area is 142 Å². The molecule has 4 rings (SSSR count). The zero-order valence-electron chi connectivity index (χ0n) is 13.4. The fraction of sp³-hybridized carbons (Fsp3) is 0.353. The number of benzene rings is 1. The summed E-state index contributed by atoms with van der Waals surface area (Å²) in [6.45, 7) is 0.159. The second-order valence-corrected chi connectivity index (χ2v) is 6.22. The van der Waals surface area contributed by atoms with Gasteiger partial charge in [0.05, 0.1) is 30.1 Å². The fourth-order valence-electron chi connectivity index (χ4n) is 3.43. The van der Waals surface area contributed by atoms with Crippen molar-refractivity contribution in [2.24, 2.45) is 17.6 Å². The average Bonchev–Trinajstić information content (AvgIpc) is 3.15. The Hall–Kier alpha value is -2.90. The molecule has 3 N–H and O–H groups in total. The highest BCUT2D eigenvalue weighted by Crippen LogP contribution is 2.49. The van der Waals surface area contributed by atoms with E-state index in [1.54, 1.807) is 18.3 Å². The number of nitrogens with zero attached hydrogens (tertiary/aromatic N) is 1. The lowest BCUT2D eigenvalue weighted by Crippen LogP contribution is -2.37. The Morgan fingerprint density at radius 1 is 1.40 bits per heavy atom. The summed E-state index contributed by atoms with van der Waals surface area (Å²) in [7, 11) is 1.44. The van der Waals surface area contributed by atoms with Gasteiger partial charge in [0.2, 0.25) is 5.91 Å². The number of nitrogens with two attached hydrogens (primary N) is 1. The highest BCUT2D eigenvalue weighted by atomic mass is 19.1. The summed E-state index contributed by atoms with van der Waals surface area (Å²) < 4.78 is 24.5. The Morgan fingerprint density at radius 3 is 2.84 bits per heavy atom. The summed E-state index contributed by atoms with van der Waals surface area (Å²) >= 11 is 0. The molecule has 7 nitrogen and oxygen atoms in total. The maximum atomic E-state index is 13.5. The van der Waals surface area contributed by atoms with Gasteiger partial charge >= 0.3 is 0 Å². The van der Waals surface area contributed by atoms with Crippen molar-refractivity contribution in [2.45, 2.75) is 12.2 Å². The van der Waals surface area contributed by atoms with Gasteiger partial charge in [-0.2, -0.15) is 0 Å². The number of primary amides is 1. The number of rotatable bonds is 5. The van der Waals surface area contributed by atoms with E-state index in [9.17, 15) is 14.0 Å². The van der Waals surface area contributed by atoms with Crippen LogP contribution >= 0.6 is 0 Å². The molecule has 1 aliphatic heterocycles. The number of carbonyl (C=O) groups excluding carboxylic acids is 2. The molecule has 25 heavy (non-hydrogen) atoms. The smallest absolute Gasteiger partial charge is 0.252 e. The Kier molecular flexibility index (Phi) is 3.48. The quantitative estimate of drug-likeness (QED) is 0.834. The van der Waals surface area contributed by atoms with Crippen LogP contribution in [0.3, 0.4) is 0 Å². The maximum Gasteiger partial charge on any atom is 0.252 e. The van der Waals surface area contributed by atoms with Crippen molar-refractivity contribution in [1.82, 2.24) is 10.3 Å². The number of amides is 2. The first kappa shape index (κ1) is 15.6. The monoisotopic (exact) mass is 345 g/mol. The third-order valence-corrected chi connectivity index (χ3v) is 4.79. The normalized spacial score (nSPS) is 26.9. The van der Waals surface area contributed by atoms with Crippen LogP contribution in [0.2, 0.25) is 0 Å². The van der Waals surface area contributed by atoms with Gasteiger partial charge in [-0.1, -0.05) is 0 Å². The summed E-state index contributed by atoms with van der Waals surface area (Å²) in [6.07, 6.45) is 0.467. The van der Waals surface area contributed by atoms with Crippen LogP contribution in [-0.2, 0) is 4.79 Å². The van der Waals surface area contributed by atoms with Crippen molar-refractivity contribution in [2.75, 3.05) is 13.7 Å². The van der Waals surface area contributed by atoms with Gasteiger partial charge < -0.3 is 20.5 Å². The molecule has 2 amide bonds. The SMILES string of the molecule is COc1cc2c(OC[C@H]3NC(=O)C4C(F)[C@@H]43)ccnc2cc1C(N)=O. The molecule has 1 saturated carbocycles. The van der Waals surface area contributed by atoms with Crippen molar-refractivity contribution >= 4 is 22.7 Å². The van der Waals surface area contributed by atoms with Gasteiger partial charge in [-0.05, 0) is 18.2 Å². The molecular formula is C17H16FN3O4. The molecule has 1 saturated heterocycles. The number of carbonyl (C=O) groups is 2. The first-order chi connectivity index (χ1) is 12.0. The fourth-order valence-corrected chi connectivity index (χ4v) is 3.43. The van der Waals surface area contributed by atoms with E-state index in [1.807, 2.05) is 0 Å². The van der Waals surface area contributed by atoms with Gasteiger partial charge in [-0.25, -0.2) is 4.39 Å². The molecule has 0 bridgehead atoms. The Balaban J connectivity index is 1.61. The van der Waals surface area contributed by atoms with Crippen LogP contribution in [0.5, 0.6) is 11.5 Å². The van der Waals surface area contributed by atoms with Crippen molar-refractivity contribution in [3.05, 3.63) is 30.0 Å². The third-order valence-electron chi connectivity index (χ3n) is 4.79. The van der Waals surface area contributed by atoms with Gasteiger partial charge in [0.15, 0.2) is 0 Å². The summed E-state index contributed by atoms with van der Waals surface area (Å²) in [6, 6.07) is 4.49. The van der Waals surface area contributed by atoms with Crippen LogP contribution in [0, 0.1) is 11.8 Å². The zero-order chi connectivity index (χ0) is 17.7. The number of piperidine rings is 1. The Bertz CT molecular complexity index is 888. The summed E-state index contributed by atoms with van der Waals surface area (Å²) in [5, 5.41) is 3.38. The number of aromatic nitrogens is 1. The summed E-state index contributed by atoms with van der Waals surface area (Å²) in [4.78, 5) is 27.3. The van der Waals surface area contributed by atoms with Gasteiger partial charge in [-0.15, -0.1) is 0 Å². The zero-order valence-corrected chi connectivity index (χ0v) is 13.4. The summed E-state index contributed by atoms with van der Waals surface area (Å²) in [5.41, 5.74) is 6.10. The number of fused-ring (bicyclic) bond motifs is 2. The first-order valence-corrected chi connectivity index (χ1v) is 7.85.